The number of anilines is 2. The molecule has 0 aliphatic carbocycles. The fraction of sp³-hybridized carbons (Fsp3) is 0.186. The van der Waals surface area contributed by atoms with Crippen molar-refractivity contribution in [2.45, 2.75) is 31.3 Å². The highest BCUT2D eigenvalue weighted by atomic mass is 35.5. The Kier molecular flexibility index (Phi) is 8.99. The van der Waals surface area contributed by atoms with Gasteiger partial charge in [0.1, 0.15) is 23.7 Å². The number of hydrogen-bond acceptors (Lipinski definition) is 6. The van der Waals surface area contributed by atoms with Crippen LogP contribution in [0.2, 0.25) is 5.02 Å². The molecule has 0 saturated carbocycles. The van der Waals surface area contributed by atoms with E-state index in [0.29, 0.717) is 27.8 Å². The summed E-state index contributed by atoms with van der Waals surface area (Å²) in [6.07, 6.45) is 3.26. The van der Waals surface area contributed by atoms with E-state index in [1.807, 2.05) is 60.7 Å². The second kappa shape index (κ2) is 14.0. The number of carbonyl (C=O) groups excluding carboxylic acids is 3. The highest BCUT2D eigenvalue weighted by molar-refractivity contribution is 6.39. The molecule has 1 N–H and O–H groups in total. The van der Waals surface area contributed by atoms with Crippen molar-refractivity contribution in [1.29, 1.82) is 0 Å². The normalized spacial score (nSPS) is 19.0. The first kappa shape index (κ1) is 33.3. The van der Waals surface area contributed by atoms with Gasteiger partial charge in [-0.05, 0) is 83.1 Å². The summed E-state index contributed by atoms with van der Waals surface area (Å²) in [6, 6.07) is 36.3. The molecule has 0 unspecified atom stereocenters. The Morgan fingerprint density at radius 1 is 0.788 bits per heavy atom. The molecule has 1 fully saturated rings. The first-order valence-corrected chi connectivity index (χ1v) is 17.7. The molecule has 3 aliphatic rings. The first-order chi connectivity index (χ1) is 25.4. The van der Waals surface area contributed by atoms with Gasteiger partial charge in [-0.1, -0.05) is 84.4 Å². The van der Waals surface area contributed by atoms with E-state index in [2.05, 4.69) is 34.5 Å². The molecule has 3 heterocycles. The molecule has 8 rings (SSSR count). The Bertz CT molecular complexity index is 2150. The number of carbonyl (C=O) groups is 3. The van der Waals surface area contributed by atoms with Gasteiger partial charge in [-0.25, -0.2) is 9.69 Å². The van der Waals surface area contributed by atoms with Crippen LogP contribution in [0.5, 0.6) is 11.5 Å². The molecule has 4 amide bonds. The SMILES string of the molecule is COc1ccc(/C=C2\C(=O)NC(=O)N(c3cc4c5c(c3)[C@H](c3ccccc3)CCN5CC[C@@H]4c3ccccc3)C2=O)c(OCc2cccc(Cl)c2)c1. The maximum atomic E-state index is 14.4. The van der Waals surface area contributed by atoms with Gasteiger partial charge >= 0.3 is 6.03 Å². The van der Waals surface area contributed by atoms with Crippen molar-refractivity contribution in [3.63, 3.8) is 0 Å². The number of hydrogen-bond donors (Lipinski definition) is 1. The van der Waals surface area contributed by atoms with Crippen molar-refractivity contribution in [3.8, 4) is 11.5 Å². The smallest absolute Gasteiger partial charge is 0.335 e. The number of amides is 4. The molecule has 0 radical (unpaired) electrons. The Morgan fingerprint density at radius 3 is 2.06 bits per heavy atom. The zero-order valence-corrected chi connectivity index (χ0v) is 29.3. The summed E-state index contributed by atoms with van der Waals surface area (Å²) in [5, 5.41) is 3.01. The molecule has 2 atom stereocenters. The van der Waals surface area contributed by atoms with Crippen LogP contribution in [0, 0.1) is 0 Å². The quantitative estimate of drug-likeness (QED) is 0.129. The molecule has 3 aliphatic heterocycles. The maximum absolute atomic E-state index is 14.4. The summed E-state index contributed by atoms with van der Waals surface area (Å²) in [4.78, 5) is 45.0. The number of nitrogens with zero attached hydrogens (tertiary/aromatic N) is 2. The van der Waals surface area contributed by atoms with E-state index < -0.39 is 17.8 Å². The van der Waals surface area contributed by atoms with E-state index in [1.165, 1.54) is 22.9 Å². The number of methoxy groups -OCH3 is 1. The molecule has 0 bridgehead atoms. The molecule has 260 valence electrons. The van der Waals surface area contributed by atoms with Gasteiger partial charge in [0.05, 0.1) is 12.8 Å². The number of halogens is 1. The van der Waals surface area contributed by atoms with Crippen molar-refractivity contribution in [2.75, 3.05) is 30.0 Å². The van der Waals surface area contributed by atoms with Gasteiger partial charge in [0.25, 0.3) is 11.8 Å². The molecule has 9 heteroatoms. The number of imide groups is 2. The highest BCUT2D eigenvalue weighted by Crippen LogP contribution is 2.50. The lowest BCUT2D eigenvalue weighted by atomic mass is 9.76. The number of nitrogens with one attached hydrogen (secondary N) is 1. The lowest BCUT2D eigenvalue weighted by molar-refractivity contribution is -0.122. The molecule has 8 nitrogen and oxygen atoms in total. The van der Waals surface area contributed by atoms with Gasteiger partial charge in [0.15, 0.2) is 0 Å². The third-order valence-electron chi connectivity index (χ3n) is 10.2. The van der Waals surface area contributed by atoms with Crippen LogP contribution in [0.25, 0.3) is 6.08 Å². The third kappa shape index (κ3) is 6.31. The number of benzene rings is 5. The second-order valence-corrected chi connectivity index (χ2v) is 13.7. The topological polar surface area (TPSA) is 88.2 Å². The Labute approximate surface area is 307 Å². The van der Waals surface area contributed by atoms with Crippen molar-refractivity contribution >= 4 is 46.9 Å². The molecular formula is C43H36ClN3O5. The zero-order valence-electron chi connectivity index (χ0n) is 28.6. The number of rotatable bonds is 8. The molecular weight excluding hydrogens is 674 g/mol. The van der Waals surface area contributed by atoms with Crippen LogP contribution in [0.3, 0.4) is 0 Å². The molecule has 0 aromatic heterocycles. The van der Waals surface area contributed by atoms with Gasteiger partial charge < -0.3 is 14.4 Å². The van der Waals surface area contributed by atoms with Crippen LogP contribution in [0.15, 0.2) is 121 Å². The van der Waals surface area contributed by atoms with Crippen molar-refractivity contribution in [1.82, 2.24) is 5.32 Å². The van der Waals surface area contributed by atoms with Crippen LogP contribution in [-0.2, 0) is 16.2 Å². The van der Waals surface area contributed by atoms with E-state index in [-0.39, 0.29) is 24.0 Å². The monoisotopic (exact) mass is 709 g/mol. The van der Waals surface area contributed by atoms with Crippen molar-refractivity contribution in [3.05, 3.63) is 159 Å². The Morgan fingerprint density at radius 2 is 1.44 bits per heavy atom. The number of ether oxygens (including phenoxy) is 2. The third-order valence-corrected chi connectivity index (χ3v) is 10.4. The van der Waals surface area contributed by atoms with Crippen LogP contribution < -0.4 is 24.6 Å². The second-order valence-electron chi connectivity index (χ2n) is 13.2. The minimum Gasteiger partial charge on any atom is -0.497 e. The van der Waals surface area contributed by atoms with Gasteiger partial charge in [-0.3, -0.25) is 14.9 Å². The van der Waals surface area contributed by atoms with Crippen LogP contribution in [0.4, 0.5) is 16.2 Å². The number of urea groups is 1. The van der Waals surface area contributed by atoms with E-state index in [4.69, 9.17) is 21.1 Å². The fourth-order valence-corrected chi connectivity index (χ4v) is 7.90. The fourth-order valence-electron chi connectivity index (χ4n) is 7.69. The van der Waals surface area contributed by atoms with Crippen LogP contribution in [0.1, 0.15) is 58.1 Å². The van der Waals surface area contributed by atoms with Gasteiger partial charge in [-0.2, -0.15) is 0 Å². The molecule has 5 aromatic rings. The highest BCUT2D eigenvalue weighted by Gasteiger charge is 2.40. The van der Waals surface area contributed by atoms with Crippen LogP contribution in [-0.4, -0.2) is 38.0 Å². The van der Waals surface area contributed by atoms with Gasteiger partial charge in [0, 0.05) is 47.3 Å². The predicted molar refractivity (Wildman–Crippen MR) is 202 cm³/mol. The maximum Gasteiger partial charge on any atom is 0.335 e. The van der Waals surface area contributed by atoms with Gasteiger partial charge in [-0.15, -0.1) is 0 Å². The molecule has 0 spiro atoms. The lowest BCUT2D eigenvalue weighted by Crippen LogP contribution is -2.54. The van der Waals surface area contributed by atoms with E-state index in [1.54, 1.807) is 37.4 Å². The van der Waals surface area contributed by atoms with Gasteiger partial charge in [0.2, 0.25) is 0 Å². The average molecular weight is 710 g/mol. The molecule has 5 aromatic carbocycles. The summed E-state index contributed by atoms with van der Waals surface area (Å²) in [7, 11) is 1.55. The Hall–Kier alpha value is -5.86. The zero-order chi connectivity index (χ0) is 35.8. The van der Waals surface area contributed by atoms with E-state index in [0.717, 1.165) is 47.5 Å². The van der Waals surface area contributed by atoms with Crippen molar-refractivity contribution < 1.29 is 23.9 Å². The molecule has 52 heavy (non-hydrogen) atoms. The minimum atomic E-state index is -0.789. The van der Waals surface area contributed by atoms with Crippen molar-refractivity contribution in [2.24, 2.45) is 0 Å². The summed E-state index contributed by atoms with van der Waals surface area (Å²) in [5.41, 5.74) is 7.21. The standard InChI is InChI=1S/C43H36ClN3O5/c1-51-33-16-15-30(39(25-33)52-26-27-9-8-14-31(44)21-27)22-38-41(48)45-43(50)47(42(38)49)32-23-36-34(28-10-4-2-5-11-28)17-19-46-20-18-35(37(24-32)40(36)46)29-12-6-3-7-13-29/h2-16,21-25,34-35H,17-20,26H2,1H3,(H,45,48,50)/b38-22+/t34-,35+. The average Bonchev–Trinajstić information content (AvgIpc) is 3.16. The lowest BCUT2D eigenvalue weighted by Gasteiger charge is -2.44. The largest absolute Gasteiger partial charge is 0.497 e. The predicted octanol–water partition coefficient (Wildman–Crippen LogP) is 8.47. The minimum absolute atomic E-state index is 0.0683. The first-order valence-electron chi connectivity index (χ1n) is 17.4. The van der Waals surface area contributed by atoms with Crippen LogP contribution >= 0.6 is 11.6 Å². The summed E-state index contributed by atoms with van der Waals surface area (Å²) < 4.78 is 11.6. The summed E-state index contributed by atoms with van der Waals surface area (Å²) in [6.45, 7) is 2.01. The summed E-state index contributed by atoms with van der Waals surface area (Å²) >= 11 is 6.19. The van der Waals surface area contributed by atoms with E-state index >= 15 is 0 Å². The molecule has 1 saturated heterocycles. The van der Waals surface area contributed by atoms with E-state index in [9.17, 15) is 14.4 Å². The summed E-state index contributed by atoms with van der Waals surface area (Å²) in [5.74, 6) is -0.424. The Balaban J connectivity index is 1.22. The number of barbiturate groups is 1.